The van der Waals surface area contributed by atoms with Crippen LogP contribution >= 0.6 is 0 Å². The number of hydrogen-bond acceptors (Lipinski definition) is 8. The average Bonchev–Trinajstić information content (AvgIpc) is 3.66. The molecule has 234 valence electrons. The molecule has 0 radical (unpaired) electrons. The predicted octanol–water partition coefficient (Wildman–Crippen LogP) is 3.42. The van der Waals surface area contributed by atoms with Crippen LogP contribution in [0.2, 0.25) is 0 Å². The van der Waals surface area contributed by atoms with E-state index in [1.165, 1.54) is 18.2 Å². The zero-order valence-electron chi connectivity index (χ0n) is 24.5. The zero-order chi connectivity index (χ0) is 30.8. The van der Waals surface area contributed by atoms with E-state index in [1.807, 2.05) is 0 Å². The number of anilines is 2. The van der Waals surface area contributed by atoms with E-state index in [0.717, 1.165) is 44.2 Å². The van der Waals surface area contributed by atoms with Crippen LogP contribution in [0.15, 0.2) is 36.9 Å². The maximum Gasteiger partial charge on any atom is 0.418 e. The van der Waals surface area contributed by atoms with E-state index in [9.17, 15) is 18.0 Å². The normalized spacial score (nSPS) is 23.4. The molecule has 13 heteroatoms. The third-order valence-electron chi connectivity index (χ3n) is 8.95. The molecule has 1 aromatic carbocycles. The highest BCUT2D eigenvalue weighted by Crippen LogP contribution is 2.39. The number of piperazine rings is 1. The molecule has 0 saturated carbocycles. The summed E-state index contributed by atoms with van der Waals surface area (Å²) in [6.07, 6.45) is -0.601. The highest BCUT2D eigenvalue weighted by atomic mass is 19.4. The molecule has 0 spiro atoms. The van der Waals surface area contributed by atoms with E-state index in [0.29, 0.717) is 62.9 Å². The van der Waals surface area contributed by atoms with Crippen molar-refractivity contribution in [3.8, 4) is 6.01 Å². The molecule has 2 bridgehead atoms. The molecule has 3 atom stereocenters. The van der Waals surface area contributed by atoms with Crippen LogP contribution in [-0.2, 0) is 28.7 Å². The van der Waals surface area contributed by atoms with Gasteiger partial charge < -0.3 is 29.0 Å². The smallest absolute Gasteiger partial charge is 0.418 e. The second-order valence-corrected chi connectivity index (χ2v) is 11.7. The molecule has 1 unspecified atom stereocenters. The van der Waals surface area contributed by atoms with Gasteiger partial charge in [-0.2, -0.15) is 23.1 Å². The molecular weight excluding hydrogens is 575 g/mol. The third kappa shape index (κ3) is 6.19. The van der Waals surface area contributed by atoms with E-state index < -0.39 is 11.7 Å². The van der Waals surface area contributed by atoms with Gasteiger partial charge in [-0.1, -0.05) is 18.7 Å². The number of para-hydroxylation sites is 1. The van der Waals surface area contributed by atoms with Crippen molar-refractivity contribution in [2.75, 3.05) is 68.8 Å². The minimum Gasteiger partial charge on any atom is -0.463 e. The molecule has 0 aliphatic carbocycles. The number of likely N-dealkylation sites (tertiary alicyclic amines) is 1. The molecule has 1 aromatic heterocycles. The monoisotopic (exact) mass is 611 g/mol. The quantitative estimate of drug-likeness (QED) is 0.243. The second-order valence-electron chi connectivity index (χ2n) is 11.7. The molecule has 5 heterocycles. The number of fused-ring (bicyclic) bond motifs is 3. The van der Waals surface area contributed by atoms with Crippen molar-refractivity contribution >= 4 is 17.4 Å². The third-order valence-corrected chi connectivity index (χ3v) is 8.95. The Hall–Kier alpha value is -3.89. The number of benzene rings is 1. The van der Waals surface area contributed by atoms with Gasteiger partial charge in [0.25, 0.3) is 0 Å². The number of carbonyl (C=O) groups excluding carboxylic acids is 1. The summed E-state index contributed by atoms with van der Waals surface area (Å²) in [6.45, 7) is 16.0. The van der Waals surface area contributed by atoms with Gasteiger partial charge in [0.1, 0.15) is 11.9 Å². The number of morpholine rings is 1. The Kier molecular flexibility index (Phi) is 8.64. The molecule has 6 rings (SSSR count). The van der Waals surface area contributed by atoms with E-state index in [4.69, 9.17) is 26.0 Å². The Morgan fingerprint density at radius 1 is 1.18 bits per heavy atom. The number of alkyl halides is 3. The highest BCUT2D eigenvalue weighted by molar-refractivity contribution is 5.87. The lowest BCUT2D eigenvalue weighted by molar-refractivity contribution is -0.137. The van der Waals surface area contributed by atoms with Crippen LogP contribution in [0.5, 0.6) is 6.01 Å². The fourth-order valence-corrected chi connectivity index (χ4v) is 6.81. The largest absolute Gasteiger partial charge is 0.463 e. The van der Waals surface area contributed by atoms with Gasteiger partial charge in [-0.15, -0.1) is 0 Å². The first kappa shape index (κ1) is 30.1. The van der Waals surface area contributed by atoms with Gasteiger partial charge in [-0.3, -0.25) is 9.69 Å². The van der Waals surface area contributed by atoms with Crippen molar-refractivity contribution in [2.45, 2.75) is 50.2 Å². The van der Waals surface area contributed by atoms with Gasteiger partial charge in [0.05, 0.1) is 37.1 Å². The van der Waals surface area contributed by atoms with Crippen molar-refractivity contribution in [3.63, 3.8) is 0 Å². The fraction of sp³-hybridized carbons (Fsp3) is 0.548. The Morgan fingerprint density at radius 3 is 2.75 bits per heavy atom. The van der Waals surface area contributed by atoms with Crippen molar-refractivity contribution in [1.29, 1.82) is 0 Å². The molecular formula is C31H36F3N7O3. The number of carbonyl (C=O) groups is 1. The van der Waals surface area contributed by atoms with E-state index in [-0.39, 0.29) is 36.7 Å². The number of halogens is 3. The summed E-state index contributed by atoms with van der Waals surface area (Å²) < 4.78 is 53.4. The van der Waals surface area contributed by atoms with Crippen LogP contribution in [0.3, 0.4) is 0 Å². The average molecular weight is 612 g/mol. The SMILES string of the molecule is [C-]#[N+]CC1CN(c2nc(OCCCN3C[C@H]4C[C@@H]3CO4)nc3c2CCN(c2ccccc2C(F)(F)F)C3)CCN1C(=O)C=C. The van der Waals surface area contributed by atoms with Crippen LogP contribution in [0.4, 0.5) is 24.7 Å². The molecule has 3 fully saturated rings. The molecule has 2 aromatic rings. The molecule has 4 aliphatic heterocycles. The van der Waals surface area contributed by atoms with Crippen molar-refractivity contribution in [2.24, 2.45) is 0 Å². The van der Waals surface area contributed by atoms with Gasteiger partial charge in [0.2, 0.25) is 12.5 Å². The number of rotatable bonds is 9. The lowest BCUT2D eigenvalue weighted by Crippen LogP contribution is -2.56. The Balaban J connectivity index is 1.25. The second kappa shape index (κ2) is 12.6. The minimum absolute atomic E-state index is 0.117. The van der Waals surface area contributed by atoms with Crippen molar-refractivity contribution in [1.82, 2.24) is 19.8 Å². The molecule has 4 aliphatic rings. The Morgan fingerprint density at radius 2 is 2.02 bits per heavy atom. The maximum atomic E-state index is 13.9. The van der Waals surface area contributed by atoms with Gasteiger partial charge in [-0.25, -0.2) is 6.57 Å². The lowest BCUT2D eigenvalue weighted by atomic mass is 10.0. The van der Waals surface area contributed by atoms with Gasteiger partial charge in [-0.05, 0) is 37.5 Å². The zero-order valence-corrected chi connectivity index (χ0v) is 24.5. The van der Waals surface area contributed by atoms with Crippen LogP contribution in [0.25, 0.3) is 4.85 Å². The topological polar surface area (TPSA) is 78.6 Å². The number of amides is 1. The Labute approximate surface area is 254 Å². The van der Waals surface area contributed by atoms with Crippen LogP contribution < -0.4 is 14.5 Å². The summed E-state index contributed by atoms with van der Waals surface area (Å²) in [7, 11) is 0. The van der Waals surface area contributed by atoms with Crippen LogP contribution in [-0.4, -0.2) is 103 Å². The Bertz CT molecular complexity index is 1430. The standard InChI is InChI=1S/C31H36F3N7O3/c1-3-28(42)41-13-12-40(17-22(41)16-35-2)29-24-9-11-39(27-8-5-4-7-25(27)31(32,33)34)19-26(24)36-30(37-29)43-14-6-10-38-18-23-15-21(38)20-44-23/h3-5,7-8,21-23H,1,6,9-20H2/t21-,22?,23-/m1/s1. The molecule has 0 N–H and O–H groups in total. The number of hydrogen-bond donors (Lipinski definition) is 0. The van der Waals surface area contributed by atoms with Crippen molar-refractivity contribution < 1.29 is 27.4 Å². The van der Waals surface area contributed by atoms with E-state index >= 15 is 0 Å². The van der Waals surface area contributed by atoms with Gasteiger partial charge >= 0.3 is 12.2 Å². The van der Waals surface area contributed by atoms with E-state index in [2.05, 4.69) is 21.2 Å². The van der Waals surface area contributed by atoms with Gasteiger partial charge in [0.15, 0.2) is 0 Å². The molecule has 44 heavy (non-hydrogen) atoms. The number of aromatic nitrogens is 2. The fourth-order valence-electron chi connectivity index (χ4n) is 6.81. The molecule has 1 amide bonds. The first-order chi connectivity index (χ1) is 21.2. The van der Waals surface area contributed by atoms with Crippen LogP contribution in [0.1, 0.15) is 29.7 Å². The summed E-state index contributed by atoms with van der Waals surface area (Å²) in [5.74, 6) is 0.437. The minimum atomic E-state index is -4.48. The summed E-state index contributed by atoms with van der Waals surface area (Å²) in [4.78, 5) is 33.4. The van der Waals surface area contributed by atoms with Crippen molar-refractivity contribution in [3.05, 3.63) is 65.2 Å². The highest BCUT2D eigenvalue weighted by Gasteiger charge is 2.39. The van der Waals surface area contributed by atoms with E-state index in [1.54, 1.807) is 15.9 Å². The summed E-state index contributed by atoms with van der Waals surface area (Å²) in [5, 5.41) is 0. The first-order valence-corrected chi connectivity index (χ1v) is 15.1. The van der Waals surface area contributed by atoms with Gasteiger partial charge in [0, 0.05) is 56.6 Å². The summed E-state index contributed by atoms with van der Waals surface area (Å²) >= 11 is 0. The maximum absolute atomic E-state index is 13.9. The summed E-state index contributed by atoms with van der Waals surface area (Å²) in [6, 6.07) is 5.90. The molecule has 10 nitrogen and oxygen atoms in total. The number of ether oxygens (including phenoxy) is 2. The summed E-state index contributed by atoms with van der Waals surface area (Å²) in [5.41, 5.74) is 0.913. The number of nitrogens with zero attached hydrogens (tertiary/aromatic N) is 7. The molecule has 3 saturated heterocycles. The predicted molar refractivity (Wildman–Crippen MR) is 157 cm³/mol. The first-order valence-electron chi connectivity index (χ1n) is 15.1. The lowest BCUT2D eigenvalue weighted by Gasteiger charge is -2.41. The van der Waals surface area contributed by atoms with Crippen LogP contribution in [0, 0.1) is 6.57 Å².